The number of benzene rings is 7. The standard InChI is InChI=1S/C39H28NO2P/c1-40(31-21-9-4-10-22-31)43-41-38-34(27-15-5-2-6-16-27)25-29-19-11-13-23-32(29)36(38)37-33-24-14-12-20-30(33)26-35(39(37)42-43)28-17-7-3-8-18-28/h2-26H,1H3. The topological polar surface area (TPSA) is 29.5 Å². The van der Waals surface area contributed by atoms with Gasteiger partial charge in [-0.3, -0.25) is 4.67 Å². The fourth-order valence-electron chi connectivity index (χ4n) is 6.04. The fraction of sp³-hybridized carbons (Fsp3) is 0.0256. The van der Waals surface area contributed by atoms with Crippen LogP contribution < -0.4 is 4.67 Å². The Morgan fingerprint density at radius 3 is 1.33 bits per heavy atom. The second kappa shape index (κ2) is 10.5. The molecule has 0 fully saturated rings. The molecule has 206 valence electrons. The molecule has 0 radical (unpaired) electrons. The third-order valence-electron chi connectivity index (χ3n) is 8.14. The summed E-state index contributed by atoms with van der Waals surface area (Å²) in [5.41, 5.74) is 7.02. The van der Waals surface area contributed by atoms with Crippen molar-refractivity contribution in [1.82, 2.24) is 0 Å². The van der Waals surface area contributed by atoms with Gasteiger partial charge >= 0.3 is 8.16 Å². The molecule has 3 nitrogen and oxygen atoms in total. The van der Waals surface area contributed by atoms with E-state index in [0.29, 0.717) is 0 Å². The number of para-hydroxylation sites is 1. The van der Waals surface area contributed by atoms with Crippen LogP contribution in [-0.4, -0.2) is 7.05 Å². The van der Waals surface area contributed by atoms with Gasteiger partial charge in [0.2, 0.25) is 0 Å². The SMILES string of the molecule is CN(c1ccccc1)p1oc2c(-c3ccccc3)cc3ccccc3c2c2c(o1)c(-c1ccccc1)cc1ccccc12. The number of hydrogen-bond acceptors (Lipinski definition) is 3. The van der Waals surface area contributed by atoms with Crippen LogP contribution in [0.25, 0.3) is 65.7 Å². The molecule has 4 heteroatoms. The molecule has 0 aliphatic heterocycles. The first-order valence-corrected chi connectivity index (χ1v) is 15.6. The van der Waals surface area contributed by atoms with Crippen molar-refractivity contribution < 1.29 is 8.39 Å². The van der Waals surface area contributed by atoms with E-state index in [2.05, 4.69) is 145 Å². The van der Waals surface area contributed by atoms with E-state index >= 15 is 0 Å². The summed E-state index contributed by atoms with van der Waals surface area (Å²) in [4.78, 5) is 0. The van der Waals surface area contributed by atoms with E-state index in [1.54, 1.807) is 0 Å². The van der Waals surface area contributed by atoms with Crippen LogP contribution in [0.2, 0.25) is 0 Å². The average molecular weight is 574 g/mol. The molecule has 7 aromatic carbocycles. The highest BCUT2D eigenvalue weighted by Crippen LogP contribution is 2.48. The van der Waals surface area contributed by atoms with E-state index in [1.807, 2.05) is 18.2 Å². The van der Waals surface area contributed by atoms with Crippen LogP contribution in [-0.2, 0) is 0 Å². The molecule has 0 saturated carbocycles. The lowest BCUT2D eigenvalue weighted by Gasteiger charge is -2.15. The zero-order valence-electron chi connectivity index (χ0n) is 23.6. The van der Waals surface area contributed by atoms with Gasteiger partial charge in [-0.05, 0) is 56.9 Å². The Labute approximate surface area is 250 Å². The van der Waals surface area contributed by atoms with Gasteiger partial charge in [-0.1, -0.05) is 127 Å². The van der Waals surface area contributed by atoms with Crippen molar-refractivity contribution in [2.75, 3.05) is 11.7 Å². The highest BCUT2D eigenvalue weighted by atomic mass is 31.1. The monoisotopic (exact) mass is 573 g/mol. The maximum Gasteiger partial charge on any atom is 0.341 e. The van der Waals surface area contributed by atoms with Gasteiger partial charge in [-0.15, -0.1) is 0 Å². The number of hydrogen-bond donors (Lipinski definition) is 0. The summed E-state index contributed by atoms with van der Waals surface area (Å²) in [6.45, 7) is 0. The number of fused-ring (bicyclic) bond motifs is 7. The average Bonchev–Trinajstić information content (AvgIpc) is 3.27. The van der Waals surface area contributed by atoms with Gasteiger partial charge in [-0.2, -0.15) is 0 Å². The van der Waals surface area contributed by atoms with Crippen LogP contribution in [0.4, 0.5) is 5.69 Å². The summed E-state index contributed by atoms with van der Waals surface area (Å²) in [5.74, 6) is 0. The van der Waals surface area contributed by atoms with Gasteiger partial charge in [0, 0.05) is 34.6 Å². The summed E-state index contributed by atoms with van der Waals surface area (Å²) in [5, 5.41) is 6.71. The van der Waals surface area contributed by atoms with Gasteiger partial charge in [-0.25, -0.2) is 0 Å². The van der Waals surface area contributed by atoms with E-state index in [1.165, 1.54) is 0 Å². The molecule has 0 atom stereocenters. The van der Waals surface area contributed by atoms with Crippen LogP contribution >= 0.6 is 8.16 Å². The van der Waals surface area contributed by atoms with E-state index in [4.69, 9.17) is 8.39 Å². The van der Waals surface area contributed by atoms with Gasteiger partial charge in [0.25, 0.3) is 0 Å². The summed E-state index contributed by atoms with van der Waals surface area (Å²) >= 11 is 0. The predicted octanol–water partition coefficient (Wildman–Crippen LogP) is 11.8. The van der Waals surface area contributed by atoms with E-state index in [-0.39, 0.29) is 0 Å². The Bertz CT molecular complexity index is 2150. The van der Waals surface area contributed by atoms with Crippen molar-refractivity contribution in [3.63, 3.8) is 0 Å². The van der Waals surface area contributed by atoms with Crippen LogP contribution in [0, 0.1) is 0 Å². The first-order chi connectivity index (χ1) is 21.3. The Kier molecular flexibility index (Phi) is 6.25. The predicted molar refractivity (Wildman–Crippen MR) is 182 cm³/mol. The third kappa shape index (κ3) is 4.37. The molecule has 0 amide bonds. The van der Waals surface area contributed by atoms with Crippen LogP contribution in [0.5, 0.6) is 0 Å². The lowest BCUT2D eigenvalue weighted by Crippen LogP contribution is -2.03. The molecule has 0 aliphatic carbocycles. The zero-order chi connectivity index (χ0) is 28.8. The fourth-order valence-corrected chi connectivity index (χ4v) is 7.34. The number of rotatable bonds is 4. The summed E-state index contributed by atoms with van der Waals surface area (Å²) in [7, 11) is 0.454. The Balaban J connectivity index is 1.67. The highest BCUT2D eigenvalue weighted by molar-refractivity contribution is 7.39. The molecule has 0 aliphatic rings. The van der Waals surface area contributed by atoms with Crippen molar-refractivity contribution in [3.8, 4) is 22.3 Å². The maximum absolute atomic E-state index is 7.16. The van der Waals surface area contributed by atoms with Gasteiger partial charge in [0.15, 0.2) is 11.2 Å². The van der Waals surface area contributed by atoms with E-state index < -0.39 is 8.16 Å². The highest BCUT2D eigenvalue weighted by Gasteiger charge is 2.21. The molecule has 43 heavy (non-hydrogen) atoms. The van der Waals surface area contributed by atoms with E-state index in [0.717, 1.165) is 71.4 Å². The molecule has 8 rings (SSSR count). The lowest BCUT2D eigenvalue weighted by molar-refractivity contribution is 0.639. The van der Waals surface area contributed by atoms with Crippen LogP contribution in [0.1, 0.15) is 0 Å². The van der Waals surface area contributed by atoms with Crippen molar-refractivity contribution in [2.24, 2.45) is 0 Å². The molecule has 8 aromatic rings. The van der Waals surface area contributed by atoms with Gasteiger partial charge < -0.3 is 8.39 Å². The molecular formula is C39H28NO2P. The molecule has 0 bridgehead atoms. The minimum absolute atomic E-state index is 0.841. The van der Waals surface area contributed by atoms with Crippen molar-refractivity contribution in [2.45, 2.75) is 0 Å². The third-order valence-corrected chi connectivity index (χ3v) is 9.53. The maximum atomic E-state index is 7.16. The quantitative estimate of drug-likeness (QED) is 0.210. The molecule has 0 saturated heterocycles. The Morgan fingerprint density at radius 2 is 0.860 bits per heavy atom. The summed E-state index contributed by atoms with van der Waals surface area (Å²) in [6.07, 6.45) is 0. The van der Waals surface area contributed by atoms with Gasteiger partial charge in [0.1, 0.15) is 0 Å². The molecule has 0 unspecified atom stereocenters. The second-order valence-corrected chi connectivity index (χ2v) is 12.2. The minimum atomic E-state index is -1.60. The van der Waals surface area contributed by atoms with Gasteiger partial charge in [0.05, 0.1) is 0 Å². The van der Waals surface area contributed by atoms with Crippen molar-refractivity contribution in [1.29, 1.82) is 0 Å². The number of nitrogens with zero attached hydrogens (tertiary/aromatic N) is 1. The zero-order valence-corrected chi connectivity index (χ0v) is 24.5. The normalized spacial score (nSPS) is 11.4. The summed E-state index contributed by atoms with van der Waals surface area (Å²) in [6, 6.07) is 53.1. The molecule has 1 aromatic heterocycles. The Morgan fingerprint density at radius 1 is 0.465 bits per heavy atom. The summed E-state index contributed by atoms with van der Waals surface area (Å²) < 4.78 is 16.4. The molecule has 0 N–H and O–H groups in total. The molecule has 1 heterocycles. The minimum Gasteiger partial charge on any atom is -0.403 e. The van der Waals surface area contributed by atoms with Crippen LogP contribution in [0.15, 0.2) is 160 Å². The molecule has 0 spiro atoms. The largest absolute Gasteiger partial charge is 0.403 e. The lowest BCUT2D eigenvalue weighted by atomic mass is 9.91. The first-order valence-electron chi connectivity index (χ1n) is 14.4. The second-order valence-electron chi connectivity index (χ2n) is 10.7. The van der Waals surface area contributed by atoms with Crippen molar-refractivity contribution in [3.05, 3.63) is 152 Å². The van der Waals surface area contributed by atoms with Crippen molar-refractivity contribution >= 4 is 57.3 Å². The molecular weight excluding hydrogens is 545 g/mol. The first kappa shape index (κ1) is 25.5. The Hall–Kier alpha value is -5.24. The number of anilines is 1. The van der Waals surface area contributed by atoms with E-state index in [9.17, 15) is 0 Å². The smallest absolute Gasteiger partial charge is 0.341 e. The van der Waals surface area contributed by atoms with Crippen LogP contribution in [0.3, 0.4) is 0 Å².